The first-order valence-corrected chi connectivity index (χ1v) is 4.98. The van der Waals surface area contributed by atoms with Gasteiger partial charge in [-0.05, 0) is 6.07 Å². The Morgan fingerprint density at radius 1 is 0.944 bits per heavy atom. The zero-order valence-electron chi connectivity index (χ0n) is 8.80. The summed E-state index contributed by atoms with van der Waals surface area (Å²) in [5.41, 5.74) is -0.187. The van der Waals surface area contributed by atoms with Crippen molar-refractivity contribution < 1.29 is 29.3 Å². The summed E-state index contributed by atoms with van der Waals surface area (Å²) in [4.78, 5) is 23.5. The maximum atomic E-state index is 11.8. The molecule has 3 N–H and O–H groups in total. The number of aromatic hydroxyl groups is 1. The molecule has 0 fully saturated rings. The number of aliphatic hydroxyl groups is 2. The number of ketones is 2. The first kappa shape index (κ1) is 10.4. The highest BCUT2D eigenvalue weighted by atomic mass is 16.4. The van der Waals surface area contributed by atoms with E-state index < -0.39 is 23.1 Å². The number of furan rings is 1. The third-order valence-electron chi connectivity index (χ3n) is 2.78. The van der Waals surface area contributed by atoms with Gasteiger partial charge in [0.25, 0.3) is 5.78 Å². The summed E-state index contributed by atoms with van der Waals surface area (Å²) in [6.07, 6.45) is 0. The number of hydrogen-bond donors (Lipinski definition) is 3. The highest BCUT2D eigenvalue weighted by Gasteiger charge is 2.38. The SMILES string of the molecule is O=C1C(O)=C(O)C(=O)c2c1oc1c(O)cccc21. The van der Waals surface area contributed by atoms with Crippen LogP contribution in [0.1, 0.15) is 20.9 Å². The number of carbonyl (C=O) groups is 2. The van der Waals surface area contributed by atoms with Gasteiger partial charge in [-0.1, -0.05) is 12.1 Å². The molecule has 0 saturated heterocycles. The second-order valence-corrected chi connectivity index (χ2v) is 3.82. The highest BCUT2D eigenvalue weighted by molar-refractivity contribution is 6.28. The van der Waals surface area contributed by atoms with Gasteiger partial charge < -0.3 is 19.7 Å². The van der Waals surface area contributed by atoms with Crippen molar-refractivity contribution >= 4 is 22.5 Å². The summed E-state index contributed by atoms with van der Waals surface area (Å²) in [5.74, 6) is -4.58. The van der Waals surface area contributed by atoms with Crippen molar-refractivity contribution in [2.24, 2.45) is 0 Å². The Balaban J connectivity index is 2.46. The lowest BCUT2D eigenvalue weighted by Crippen LogP contribution is -2.20. The maximum absolute atomic E-state index is 11.8. The van der Waals surface area contributed by atoms with E-state index in [4.69, 9.17) is 4.42 Å². The minimum absolute atomic E-state index is 0.0355. The van der Waals surface area contributed by atoms with Crippen LogP contribution in [0.2, 0.25) is 0 Å². The minimum atomic E-state index is -1.05. The summed E-state index contributed by atoms with van der Waals surface area (Å²) < 4.78 is 5.10. The van der Waals surface area contributed by atoms with Crippen LogP contribution in [0.25, 0.3) is 11.0 Å². The third-order valence-corrected chi connectivity index (χ3v) is 2.78. The molecule has 2 aromatic rings. The van der Waals surface area contributed by atoms with Gasteiger partial charge in [0.15, 0.2) is 17.1 Å². The summed E-state index contributed by atoms with van der Waals surface area (Å²) in [6.45, 7) is 0. The van der Waals surface area contributed by atoms with Crippen LogP contribution in [0.4, 0.5) is 0 Å². The Morgan fingerprint density at radius 3 is 2.33 bits per heavy atom. The Kier molecular flexibility index (Phi) is 1.81. The average molecular weight is 246 g/mol. The molecule has 0 atom stereocenters. The van der Waals surface area contributed by atoms with Crippen molar-refractivity contribution in [3.63, 3.8) is 0 Å². The number of phenolic OH excluding ortho intramolecular Hbond substituents is 1. The molecule has 1 aliphatic carbocycles. The van der Waals surface area contributed by atoms with E-state index in [2.05, 4.69) is 0 Å². The van der Waals surface area contributed by atoms with E-state index >= 15 is 0 Å². The topological polar surface area (TPSA) is 108 Å². The molecule has 1 aliphatic rings. The molecular weight excluding hydrogens is 240 g/mol. The first-order chi connectivity index (χ1) is 8.52. The molecule has 18 heavy (non-hydrogen) atoms. The number of fused-ring (bicyclic) bond motifs is 3. The second-order valence-electron chi connectivity index (χ2n) is 3.82. The number of carbonyl (C=O) groups excluding carboxylic acids is 2. The van der Waals surface area contributed by atoms with Crippen molar-refractivity contribution in [3.8, 4) is 5.75 Å². The van der Waals surface area contributed by atoms with Gasteiger partial charge in [0, 0.05) is 5.39 Å². The van der Waals surface area contributed by atoms with Crippen molar-refractivity contribution in [2.75, 3.05) is 0 Å². The van der Waals surface area contributed by atoms with Gasteiger partial charge in [-0.15, -0.1) is 0 Å². The normalized spacial score (nSPS) is 15.3. The van der Waals surface area contributed by atoms with Crippen molar-refractivity contribution in [2.45, 2.75) is 0 Å². The molecule has 0 bridgehead atoms. The lowest BCUT2D eigenvalue weighted by molar-refractivity contribution is 0.0863. The molecule has 1 aromatic heterocycles. The van der Waals surface area contributed by atoms with Crippen LogP contribution in [0, 0.1) is 0 Å². The van der Waals surface area contributed by atoms with Gasteiger partial charge >= 0.3 is 0 Å². The van der Waals surface area contributed by atoms with E-state index in [9.17, 15) is 24.9 Å². The number of allylic oxidation sites excluding steroid dienone is 2. The lowest BCUT2D eigenvalue weighted by atomic mass is 9.96. The molecule has 1 heterocycles. The predicted octanol–water partition coefficient (Wildman–Crippen LogP) is 1.84. The summed E-state index contributed by atoms with van der Waals surface area (Å²) in [6, 6.07) is 4.28. The quantitative estimate of drug-likeness (QED) is 0.654. The van der Waals surface area contributed by atoms with Crippen LogP contribution < -0.4 is 0 Å². The molecule has 0 spiro atoms. The number of rotatable bonds is 0. The lowest BCUT2D eigenvalue weighted by Gasteiger charge is -2.08. The predicted molar refractivity (Wildman–Crippen MR) is 58.8 cm³/mol. The fraction of sp³-hybridized carbons (Fsp3) is 0. The molecular formula is C12H6O6. The number of hydrogen-bond acceptors (Lipinski definition) is 6. The van der Waals surface area contributed by atoms with Crippen LogP contribution >= 0.6 is 0 Å². The van der Waals surface area contributed by atoms with Crippen LogP contribution in [-0.4, -0.2) is 26.9 Å². The Bertz CT molecular complexity index is 749. The van der Waals surface area contributed by atoms with E-state index in [1.807, 2.05) is 0 Å². The van der Waals surface area contributed by atoms with Gasteiger partial charge in [-0.2, -0.15) is 0 Å². The average Bonchev–Trinajstić information content (AvgIpc) is 2.75. The minimum Gasteiger partial charge on any atom is -0.504 e. The van der Waals surface area contributed by atoms with Crippen molar-refractivity contribution in [3.05, 3.63) is 41.0 Å². The highest BCUT2D eigenvalue weighted by Crippen LogP contribution is 2.36. The fourth-order valence-electron chi connectivity index (χ4n) is 1.93. The van der Waals surface area contributed by atoms with Crippen molar-refractivity contribution in [1.29, 1.82) is 0 Å². The summed E-state index contributed by atoms with van der Waals surface area (Å²) in [7, 11) is 0. The number of para-hydroxylation sites is 1. The molecule has 0 aliphatic heterocycles. The van der Waals surface area contributed by atoms with E-state index in [-0.39, 0.29) is 28.0 Å². The number of Topliss-reactive ketones (excluding diaryl/α,β-unsaturated/α-hetero) is 2. The maximum Gasteiger partial charge on any atom is 0.267 e. The molecule has 6 heteroatoms. The molecule has 0 radical (unpaired) electrons. The van der Waals surface area contributed by atoms with Crippen LogP contribution in [0.3, 0.4) is 0 Å². The van der Waals surface area contributed by atoms with Gasteiger partial charge in [-0.25, -0.2) is 0 Å². The number of benzene rings is 1. The molecule has 0 amide bonds. The van der Waals surface area contributed by atoms with Gasteiger partial charge in [-0.3, -0.25) is 9.59 Å². The number of aliphatic hydroxyl groups excluding tert-OH is 2. The fourth-order valence-corrected chi connectivity index (χ4v) is 1.93. The van der Waals surface area contributed by atoms with Crippen LogP contribution in [0.15, 0.2) is 34.1 Å². The molecule has 3 rings (SSSR count). The van der Waals surface area contributed by atoms with Gasteiger partial charge in [0.2, 0.25) is 17.3 Å². The monoisotopic (exact) mass is 246 g/mol. The zero-order chi connectivity index (χ0) is 13.0. The van der Waals surface area contributed by atoms with Crippen LogP contribution in [0.5, 0.6) is 5.75 Å². The molecule has 90 valence electrons. The van der Waals surface area contributed by atoms with E-state index in [0.717, 1.165) is 0 Å². The van der Waals surface area contributed by atoms with E-state index in [0.29, 0.717) is 0 Å². The van der Waals surface area contributed by atoms with Crippen LogP contribution in [-0.2, 0) is 0 Å². The van der Waals surface area contributed by atoms with E-state index in [1.54, 1.807) is 0 Å². The van der Waals surface area contributed by atoms with Crippen molar-refractivity contribution in [1.82, 2.24) is 0 Å². The molecule has 1 aromatic carbocycles. The zero-order valence-corrected chi connectivity index (χ0v) is 8.80. The number of phenols is 1. The summed E-state index contributed by atoms with van der Waals surface area (Å²) >= 11 is 0. The first-order valence-electron chi connectivity index (χ1n) is 4.98. The smallest absolute Gasteiger partial charge is 0.267 e. The Hall–Kier alpha value is -2.76. The molecule has 6 nitrogen and oxygen atoms in total. The summed E-state index contributed by atoms with van der Waals surface area (Å²) in [5, 5.41) is 28.4. The standard InChI is InChI=1S/C12H6O6/c13-5-3-1-2-4-6-7(14)8(15)9(16)10(17)12(6)18-11(4)5/h1-3,13,15-16H. The Labute approximate surface area is 99.4 Å². The van der Waals surface area contributed by atoms with Gasteiger partial charge in [0.1, 0.15) is 0 Å². The third kappa shape index (κ3) is 1.06. The Morgan fingerprint density at radius 2 is 1.61 bits per heavy atom. The van der Waals surface area contributed by atoms with Gasteiger partial charge in [0.05, 0.1) is 5.56 Å². The van der Waals surface area contributed by atoms with E-state index in [1.165, 1.54) is 18.2 Å². The molecule has 0 unspecified atom stereocenters. The molecule has 0 saturated carbocycles. The second kappa shape index (κ2) is 3.13. The largest absolute Gasteiger partial charge is 0.504 e.